The third-order valence-electron chi connectivity index (χ3n) is 4.82. The summed E-state index contributed by atoms with van der Waals surface area (Å²) in [6.07, 6.45) is 6.81. The van der Waals surface area contributed by atoms with Crippen LogP contribution >= 0.6 is 0 Å². The number of benzene rings is 1. The van der Waals surface area contributed by atoms with Gasteiger partial charge in [-0.15, -0.1) is 0 Å². The first-order valence-electron chi connectivity index (χ1n) is 7.64. The van der Waals surface area contributed by atoms with E-state index in [1.54, 1.807) is 0 Å². The summed E-state index contributed by atoms with van der Waals surface area (Å²) in [5, 5.41) is 13.3. The molecule has 108 valence electrons. The maximum atomic E-state index is 8.98. The molecule has 2 heterocycles. The molecule has 3 aromatic rings. The lowest BCUT2D eigenvalue weighted by Gasteiger charge is -2.12. The fourth-order valence-corrected chi connectivity index (χ4v) is 3.17. The molecule has 3 heteroatoms. The van der Waals surface area contributed by atoms with Crippen molar-refractivity contribution in [2.75, 3.05) is 0 Å². The molecule has 1 aliphatic rings. The van der Waals surface area contributed by atoms with Crippen molar-refractivity contribution >= 4 is 5.52 Å². The van der Waals surface area contributed by atoms with Gasteiger partial charge >= 0.3 is 0 Å². The lowest BCUT2D eigenvalue weighted by atomic mass is 9.91. The predicted octanol–water partition coefficient (Wildman–Crippen LogP) is 4.26. The largest absolute Gasteiger partial charge is 0.241 e. The molecule has 0 atom stereocenters. The number of rotatable bonds is 3. The highest BCUT2D eigenvalue weighted by Crippen LogP contribution is 2.50. The topological polar surface area (TPSA) is 41.1 Å². The third kappa shape index (κ3) is 2.00. The molecule has 1 fully saturated rings. The van der Waals surface area contributed by atoms with E-state index in [4.69, 9.17) is 5.26 Å². The quantitative estimate of drug-likeness (QED) is 0.722. The van der Waals surface area contributed by atoms with E-state index in [1.807, 2.05) is 16.9 Å². The Morgan fingerprint density at radius 1 is 1.18 bits per heavy atom. The summed E-state index contributed by atoms with van der Waals surface area (Å²) in [5.41, 5.74) is 6.18. The van der Waals surface area contributed by atoms with E-state index in [0.717, 1.165) is 18.4 Å². The van der Waals surface area contributed by atoms with Crippen LogP contribution in [-0.4, -0.2) is 9.61 Å². The van der Waals surface area contributed by atoms with E-state index in [1.165, 1.54) is 22.3 Å². The van der Waals surface area contributed by atoms with Crippen LogP contribution in [0.5, 0.6) is 0 Å². The van der Waals surface area contributed by atoms with Crippen LogP contribution in [0.3, 0.4) is 0 Å². The zero-order valence-electron chi connectivity index (χ0n) is 12.6. The van der Waals surface area contributed by atoms with Crippen LogP contribution in [-0.2, 0) is 5.41 Å². The van der Waals surface area contributed by atoms with Crippen molar-refractivity contribution < 1.29 is 0 Å². The number of aryl methyl sites for hydroxylation is 1. The summed E-state index contributed by atoms with van der Waals surface area (Å²) in [5.74, 6) is 0. The number of pyridine rings is 1. The van der Waals surface area contributed by atoms with Crippen molar-refractivity contribution in [3.63, 3.8) is 0 Å². The Labute approximate surface area is 129 Å². The minimum atomic E-state index is 0.138. The van der Waals surface area contributed by atoms with E-state index < -0.39 is 0 Å². The lowest BCUT2D eigenvalue weighted by molar-refractivity contribution is 0.715. The molecule has 1 saturated carbocycles. The zero-order chi connectivity index (χ0) is 15.2. The maximum absolute atomic E-state index is 8.98. The van der Waals surface area contributed by atoms with Crippen LogP contribution in [0.4, 0.5) is 0 Å². The maximum Gasteiger partial charge on any atom is 0.0696 e. The second-order valence-electron chi connectivity index (χ2n) is 6.27. The number of nitrogens with zero attached hydrogens (tertiary/aromatic N) is 3. The predicted molar refractivity (Wildman–Crippen MR) is 86.5 cm³/mol. The molecule has 0 saturated heterocycles. The fourth-order valence-electron chi connectivity index (χ4n) is 3.17. The number of hydrogen-bond acceptors (Lipinski definition) is 2. The van der Waals surface area contributed by atoms with E-state index in [-0.39, 0.29) is 5.41 Å². The zero-order valence-corrected chi connectivity index (χ0v) is 12.6. The third-order valence-corrected chi connectivity index (χ3v) is 4.82. The van der Waals surface area contributed by atoms with Gasteiger partial charge in [-0.2, -0.15) is 10.4 Å². The standard InChI is InChI=1S/C19H17N3/c1-14-13-21-22-11-6-16(12-18(14)22)15-2-4-17(5-3-15)19(7-8-19)9-10-20/h2-6,11-13H,7-9H2,1H3. The monoisotopic (exact) mass is 287 g/mol. The summed E-state index contributed by atoms with van der Waals surface area (Å²) < 4.78 is 1.90. The van der Waals surface area contributed by atoms with Crippen LogP contribution in [0.25, 0.3) is 16.6 Å². The van der Waals surface area contributed by atoms with Crippen molar-refractivity contribution in [2.24, 2.45) is 0 Å². The molecule has 22 heavy (non-hydrogen) atoms. The Kier molecular flexibility index (Phi) is 2.80. The molecule has 0 radical (unpaired) electrons. The van der Waals surface area contributed by atoms with Gasteiger partial charge < -0.3 is 0 Å². The molecule has 4 rings (SSSR count). The summed E-state index contributed by atoms with van der Waals surface area (Å²) in [4.78, 5) is 0. The normalized spacial score (nSPS) is 15.6. The molecule has 0 N–H and O–H groups in total. The first kappa shape index (κ1) is 13.1. The van der Waals surface area contributed by atoms with E-state index >= 15 is 0 Å². The Bertz CT molecular complexity index is 877. The van der Waals surface area contributed by atoms with Gasteiger partial charge in [0.15, 0.2) is 0 Å². The van der Waals surface area contributed by atoms with Crippen molar-refractivity contribution in [3.8, 4) is 17.2 Å². The molecule has 0 aliphatic heterocycles. The second-order valence-corrected chi connectivity index (χ2v) is 6.27. The van der Waals surface area contributed by atoms with Crippen molar-refractivity contribution in [1.29, 1.82) is 5.26 Å². The summed E-state index contributed by atoms with van der Waals surface area (Å²) in [7, 11) is 0. The average molecular weight is 287 g/mol. The van der Waals surface area contributed by atoms with Crippen LogP contribution in [0.15, 0.2) is 48.8 Å². The number of hydrogen-bond donors (Lipinski definition) is 0. The van der Waals surface area contributed by atoms with E-state index in [0.29, 0.717) is 6.42 Å². The molecule has 0 spiro atoms. The SMILES string of the molecule is Cc1cnn2ccc(-c3ccc(C4(CC#N)CC4)cc3)cc12. The highest BCUT2D eigenvalue weighted by Gasteiger charge is 2.43. The lowest BCUT2D eigenvalue weighted by Crippen LogP contribution is -2.04. The van der Waals surface area contributed by atoms with Crippen LogP contribution in [0.1, 0.15) is 30.4 Å². The van der Waals surface area contributed by atoms with Gasteiger partial charge in [0.25, 0.3) is 0 Å². The van der Waals surface area contributed by atoms with Crippen LogP contribution in [0.2, 0.25) is 0 Å². The Hall–Kier alpha value is -2.60. The van der Waals surface area contributed by atoms with Gasteiger partial charge in [0.1, 0.15) is 0 Å². The number of nitriles is 1. The minimum Gasteiger partial charge on any atom is -0.241 e. The Balaban J connectivity index is 1.70. The summed E-state index contributed by atoms with van der Waals surface area (Å²) in [6, 6.07) is 15.3. The van der Waals surface area contributed by atoms with E-state index in [9.17, 15) is 0 Å². The molecular formula is C19H17N3. The van der Waals surface area contributed by atoms with Crippen molar-refractivity contribution in [2.45, 2.75) is 31.6 Å². The van der Waals surface area contributed by atoms with Gasteiger partial charge in [-0.25, -0.2) is 4.52 Å². The number of fused-ring (bicyclic) bond motifs is 1. The van der Waals surface area contributed by atoms with Gasteiger partial charge in [-0.3, -0.25) is 0 Å². The molecule has 0 amide bonds. The molecule has 3 nitrogen and oxygen atoms in total. The van der Waals surface area contributed by atoms with Crippen LogP contribution in [0, 0.1) is 18.3 Å². The molecular weight excluding hydrogens is 270 g/mol. The van der Waals surface area contributed by atoms with Gasteiger partial charge in [0.05, 0.1) is 17.8 Å². The average Bonchev–Trinajstić information content (AvgIpc) is 3.25. The van der Waals surface area contributed by atoms with E-state index in [2.05, 4.69) is 54.5 Å². The first-order valence-corrected chi connectivity index (χ1v) is 7.64. The smallest absolute Gasteiger partial charge is 0.0696 e. The molecule has 2 aromatic heterocycles. The summed E-state index contributed by atoms with van der Waals surface area (Å²) in [6.45, 7) is 2.08. The molecule has 0 bridgehead atoms. The van der Waals surface area contributed by atoms with Crippen LogP contribution < -0.4 is 0 Å². The second kappa shape index (κ2) is 4.71. The van der Waals surface area contributed by atoms with Gasteiger partial charge in [0.2, 0.25) is 0 Å². The Morgan fingerprint density at radius 2 is 1.95 bits per heavy atom. The fraction of sp³-hybridized carbons (Fsp3) is 0.263. The number of aromatic nitrogens is 2. The first-order chi connectivity index (χ1) is 10.7. The summed E-state index contributed by atoms with van der Waals surface area (Å²) >= 11 is 0. The molecule has 0 unspecified atom stereocenters. The minimum absolute atomic E-state index is 0.138. The molecule has 1 aliphatic carbocycles. The van der Waals surface area contributed by atoms with Crippen molar-refractivity contribution in [1.82, 2.24) is 9.61 Å². The highest BCUT2D eigenvalue weighted by molar-refractivity contribution is 5.70. The van der Waals surface area contributed by atoms with Gasteiger partial charge in [-0.05, 0) is 54.2 Å². The van der Waals surface area contributed by atoms with Crippen molar-refractivity contribution in [3.05, 3.63) is 59.9 Å². The van der Waals surface area contributed by atoms with Gasteiger partial charge in [-0.1, -0.05) is 24.3 Å². The molecule has 1 aromatic carbocycles. The van der Waals surface area contributed by atoms with Gasteiger partial charge in [0, 0.05) is 18.0 Å². The highest BCUT2D eigenvalue weighted by atomic mass is 15.2. The Morgan fingerprint density at radius 3 is 2.64 bits per heavy atom.